The summed E-state index contributed by atoms with van der Waals surface area (Å²) in [7, 11) is 0. The number of aromatic nitrogens is 2. The Morgan fingerprint density at radius 1 is 1.35 bits per heavy atom. The largest absolute Gasteiger partial charge is 0.379 e. The molecule has 0 saturated carbocycles. The van der Waals surface area contributed by atoms with E-state index in [1.807, 2.05) is 13.8 Å². The number of nitrogens with one attached hydrogen (secondary N) is 1. The monoisotopic (exact) mass is 241 g/mol. The van der Waals surface area contributed by atoms with Crippen molar-refractivity contribution in [1.82, 2.24) is 9.97 Å². The molecule has 1 aromatic rings. The van der Waals surface area contributed by atoms with Crippen LogP contribution in [0.3, 0.4) is 0 Å². The van der Waals surface area contributed by atoms with Crippen LogP contribution >= 0.6 is 0 Å². The maximum Gasteiger partial charge on any atom is 0.186 e. The van der Waals surface area contributed by atoms with Crippen molar-refractivity contribution in [2.75, 3.05) is 18.5 Å². The predicted octanol–water partition coefficient (Wildman–Crippen LogP) is 2.54. The predicted molar refractivity (Wildman–Crippen MR) is 65.5 cm³/mol. The van der Waals surface area contributed by atoms with Crippen LogP contribution in [0.1, 0.15) is 32.4 Å². The smallest absolute Gasteiger partial charge is 0.186 e. The third-order valence-electron chi connectivity index (χ3n) is 2.28. The Morgan fingerprint density at radius 2 is 2.12 bits per heavy atom. The number of anilines is 1. The SMILES string of the molecule is Cc1ncnc(NCCCCOC(C)C)c1F. The van der Waals surface area contributed by atoms with Gasteiger partial charge in [-0.1, -0.05) is 0 Å². The van der Waals surface area contributed by atoms with Crippen molar-refractivity contribution in [3.8, 4) is 0 Å². The molecule has 0 saturated heterocycles. The quantitative estimate of drug-likeness (QED) is 0.745. The lowest BCUT2D eigenvalue weighted by molar-refractivity contribution is 0.0765. The zero-order valence-corrected chi connectivity index (χ0v) is 10.7. The van der Waals surface area contributed by atoms with E-state index in [0.29, 0.717) is 12.2 Å². The highest BCUT2D eigenvalue weighted by Gasteiger charge is 2.06. The van der Waals surface area contributed by atoms with E-state index in [2.05, 4.69) is 15.3 Å². The molecule has 17 heavy (non-hydrogen) atoms. The average Bonchev–Trinajstić information content (AvgIpc) is 2.28. The molecule has 0 aliphatic heterocycles. The number of hydrogen-bond donors (Lipinski definition) is 1. The summed E-state index contributed by atoms with van der Waals surface area (Å²) in [5, 5.41) is 2.96. The lowest BCUT2D eigenvalue weighted by Crippen LogP contribution is -2.09. The fourth-order valence-corrected chi connectivity index (χ4v) is 1.33. The molecule has 0 unspecified atom stereocenters. The minimum absolute atomic E-state index is 0.268. The van der Waals surface area contributed by atoms with Gasteiger partial charge in [-0.3, -0.25) is 0 Å². The zero-order valence-electron chi connectivity index (χ0n) is 10.7. The fraction of sp³-hybridized carbons (Fsp3) is 0.667. The second-order valence-electron chi connectivity index (χ2n) is 4.18. The average molecular weight is 241 g/mol. The van der Waals surface area contributed by atoms with Crippen LogP contribution in [-0.2, 0) is 4.74 Å². The van der Waals surface area contributed by atoms with E-state index in [0.717, 1.165) is 19.4 Å². The van der Waals surface area contributed by atoms with Gasteiger partial charge in [-0.2, -0.15) is 0 Å². The standard InChI is InChI=1S/C12H20FN3O/c1-9(2)17-7-5-4-6-14-12-11(13)10(3)15-8-16-12/h8-9H,4-7H2,1-3H3,(H,14,15,16). The molecular weight excluding hydrogens is 221 g/mol. The first-order valence-electron chi connectivity index (χ1n) is 5.94. The first-order valence-corrected chi connectivity index (χ1v) is 5.94. The minimum atomic E-state index is -0.370. The van der Waals surface area contributed by atoms with Gasteiger partial charge in [0.25, 0.3) is 0 Å². The number of halogens is 1. The van der Waals surface area contributed by atoms with Gasteiger partial charge in [0.15, 0.2) is 11.6 Å². The molecule has 1 aromatic heterocycles. The topological polar surface area (TPSA) is 47.0 Å². The molecule has 0 bridgehead atoms. The van der Waals surface area contributed by atoms with Gasteiger partial charge in [0.1, 0.15) is 6.33 Å². The van der Waals surface area contributed by atoms with E-state index in [4.69, 9.17) is 4.74 Å². The highest BCUT2D eigenvalue weighted by atomic mass is 19.1. The Hall–Kier alpha value is -1.23. The molecule has 5 heteroatoms. The molecule has 0 aromatic carbocycles. The number of nitrogens with zero attached hydrogens (tertiary/aromatic N) is 2. The lowest BCUT2D eigenvalue weighted by Gasteiger charge is -2.09. The van der Waals surface area contributed by atoms with E-state index in [1.54, 1.807) is 6.92 Å². The van der Waals surface area contributed by atoms with E-state index >= 15 is 0 Å². The zero-order chi connectivity index (χ0) is 12.7. The van der Waals surface area contributed by atoms with Crippen LogP contribution in [0.25, 0.3) is 0 Å². The van der Waals surface area contributed by atoms with Crippen molar-refractivity contribution in [3.05, 3.63) is 17.8 Å². The van der Waals surface area contributed by atoms with E-state index in [9.17, 15) is 4.39 Å². The Morgan fingerprint density at radius 3 is 2.82 bits per heavy atom. The van der Waals surface area contributed by atoms with Crippen molar-refractivity contribution in [2.45, 2.75) is 39.7 Å². The van der Waals surface area contributed by atoms with Crippen LogP contribution < -0.4 is 5.32 Å². The molecule has 1 rings (SSSR count). The van der Waals surface area contributed by atoms with Gasteiger partial charge in [0.05, 0.1) is 11.8 Å². The number of hydrogen-bond acceptors (Lipinski definition) is 4. The van der Waals surface area contributed by atoms with Crippen molar-refractivity contribution in [3.63, 3.8) is 0 Å². The molecule has 1 heterocycles. The number of rotatable bonds is 7. The summed E-state index contributed by atoms with van der Waals surface area (Å²) in [6.07, 6.45) is 3.51. The molecule has 4 nitrogen and oxygen atoms in total. The molecule has 0 aliphatic carbocycles. The van der Waals surface area contributed by atoms with Crippen LogP contribution in [0.15, 0.2) is 6.33 Å². The van der Waals surface area contributed by atoms with Gasteiger partial charge in [0, 0.05) is 13.2 Å². The van der Waals surface area contributed by atoms with Gasteiger partial charge in [-0.25, -0.2) is 14.4 Å². The molecule has 0 fully saturated rings. The second kappa shape index (κ2) is 7.17. The van der Waals surface area contributed by atoms with Crippen molar-refractivity contribution >= 4 is 5.82 Å². The van der Waals surface area contributed by atoms with E-state index < -0.39 is 0 Å². The Bertz CT molecular complexity index is 345. The van der Waals surface area contributed by atoms with E-state index in [1.165, 1.54) is 6.33 Å². The molecule has 96 valence electrons. The second-order valence-corrected chi connectivity index (χ2v) is 4.18. The van der Waals surface area contributed by atoms with Crippen molar-refractivity contribution in [2.24, 2.45) is 0 Å². The van der Waals surface area contributed by atoms with E-state index in [-0.39, 0.29) is 17.7 Å². The van der Waals surface area contributed by atoms with Gasteiger partial charge >= 0.3 is 0 Å². The third-order valence-corrected chi connectivity index (χ3v) is 2.28. The summed E-state index contributed by atoms with van der Waals surface area (Å²) in [6, 6.07) is 0. The van der Waals surface area contributed by atoms with Crippen LogP contribution in [-0.4, -0.2) is 29.2 Å². The molecule has 0 radical (unpaired) electrons. The summed E-state index contributed by atoms with van der Waals surface area (Å²) >= 11 is 0. The summed E-state index contributed by atoms with van der Waals surface area (Å²) in [5.41, 5.74) is 0.366. The van der Waals surface area contributed by atoms with Gasteiger partial charge in [-0.15, -0.1) is 0 Å². The Labute approximate surface area is 102 Å². The summed E-state index contributed by atoms with van der Waals surface area (Å²) in [6.45, 7) is 7.08. The van der Waals surface area contributed by atoms with Crippen LogP contribution in [0, 0.1) is 12.7 Å². The van der Waals surface area contributed by atoms with Gasteiger partial charge < -0.3 is 10.1 Å². The van der Waals surface area contributed by atoms with Crippen LogP contribution in [0.2, 0.25) is 0 Å². The number of aryl methyl sites for hydroxylation is 1. The summed E-state index contributed by atoms with van der Waals surface area (Å²) in [4.78, 5) is 7.63. The minimum Gasteiger partial charge on any atom is -0.379 e. The normalized spacial score (nSPS) is 10.9. The maximum absolute atomic E-state index is 13.5. The third kappa shape index (κ3) is 5.08. The summed E-state index contributed by atoms with van der Waals surface area (Å²) < 4.78 is 18.9. The van der Waals surface area contributed by atoms with Crippen LogP contribution in [0.4, 0.5) is 10.2 Å². The molecule has 0 atom stereocenters. The Balaban J connectivity index is 2.20. The highest BCUT2D eigenvalue weighted by molar-refractivity contribution is 5.36. The Kier molecular flexibility index (Phi) is 5.83. The molecule has 1 N–H and O–H groups in total. The van der Waals surface area contributed by atoms with Gasteiger partial charge in [0.2, 0.25) is 0 Å². The highest BCUT2D eigenvalue weighted by Crippen LogP contribution is 2.11. The summed E-state index contributed by atoms with van der Waals surface area (Å²) in [5.74, 6) is -0.0896. The van der Waals surface area contributed by atoms with Gasteiger partial charge in [-0.05, 0) is 33.6 Å². The van der Waals surface area contributed by atoms with Crippen LogP contribution in [0.5, 0.6) is 0 Å². The molecule has 0 aliphatic rings. The lowest BCUT2D eigenvalue weighted by atomic mass is 10.3. The maximum atomic E-state index is 13.5. The molecule has 0 amide bonds. The number of ether oxygens (including phenoxy) is 1. The molecule has 0 spiro atoms. The number of unbranched alkanes of at least 4 members (excludes halogenated alkanes) is 1. The van der Waals surface area contributed by atoms with Crippen molar-refractivity contribution in [1.29, 1.82) is 0 Å². The van der Waals surface area contributed by atoms with Crippen molar-refractivity contribution < 1.29 is 9.13 Å². The first-order chi connectivity index (χ1) is 8.11. The molecular formula is C12H20FN3O. The first kappa shape index (κ1) is 13.8. The fourth-order valence-electron chi connectivity index (χ4n) is 1.33.